The smallest absolute Gasteiger partial charge is 0.174 e. The number of carbonyl (C=O) groups excluding carboxylic acids is 1. The Labute approximate surface area is 113 Å². The van der Waals surface area contributed by atoms with E-state index in [0.29, 0.717) is 13.0 Å². The van der Waals surface area contributed by atoms with Gasteiger partial charge >= 0.3 is 0 Å². The lowest BCUT2D eigenvalue weighted by Crippen LogP contribution is -2.35. The summed E-state index contributed by atoms with van der Waals surface area (Å²) in [7, 11) is 0. The number of ketones is 1. The number of fused-ring (bicyclic) bond motifs is 1. The second kappa shape index (κ2) is 4.63. The summed E-state index contributed by atoms with van der Waals surface area (Å²) in [6.07, 6.45) is 1.47. The van der Waals surface area contributed by atoms with Crippen LogP contribution in [0.25, 0.3) is 0 Å². The number of hydrogen-bond donors (Lipinski definition) is 1. The molecule has 0 saturated heterocycles. The zero-order valence-electron chi connectivity index (χ0n) is 10.8. The summed E-state index contributed by atoms with van der Waals surface area (Å²) in [6.45, 7) is 0.522. The Morgan fingerprint density at radius 1 is 1.00 bits per heavy atom. The van der Waals surface area contributed by atoms with Gasteiger partial charge in [0.25, 0.3) is 0 Å². The van der Waals surface area contributed by atoms with Crippen LogP contribution in [0.1, 0.15) is 27.9 Å². The van der Waals surface area contributed by atoms with Crippen LogP contribution in [0.15, 0.2) is 54.6 Å². The van der Waals surface area contributed by atoms with Crippen molar-refractivity contribution in [1.82, 2.24) is 0 Å². The molecule has 2 N–H and O–H groups in total. The molecule has 0 heterocycles. The first-order valence-corrected chi connectivity index (χ1v) is 6.66. The highest BCUT2D eigenvalue weighted by molar-refractivity contribution is 6.08. The summed E-state index contributed by atoms with van der Waals surface area (Å²) in [5.74, 6) is 0.222. The van der Waals surface area contributed by atoms with Gasteiger partial charge in [-0.2, -0.15) is 0 Å². The summed E-state index contributed by atoms with van der Waals surface area (Å²) in [6, 6.07) is 17.9. The van der Waals surface area contributed by atoms with Crippen molar-refractivity contribution < 1.29 is 4.79 Å². The molecule has 1 aliphatic carbocycles. The average molecular weight is 251 g/mol. The van der Waals surface area contributed by atoms with Gasteiger partial charge in [0.2, 0.25) is 0 Å². The van der Waals surface area contributed by atoms with Crippen molar-refractivity contribution in [2.24, 2.45) is 5.73 Å². The van der Waals surface area contributed by atoms with E-state index in [0.717, 1.165) is 23.1 Å². The molecule has 1 aliphatic rings. The van der Waals surface area contributed by atoms with Crippen LogP contribution in [-0.2, 0) is 11.8 Å². The van der Waals surface area contributed by atoms with E-state index in [1.54, 1.807) is 0 Å². The molecule has 0 bridgehead atoms. The molecule has 2 nitrogen and oxygen atoms in total. The standard InChI is InChI=1S/C17H17NO/c18-11-10-17(14-7-2-1-3-8-14)12-13-6-4-5-9-15(13)16(17)19/h1-9H,10-12,18H2. The molecular weight excluding hydrogens is 234 g/mol. The molecule has 1 unspecified atom stereocenters. The van der Waals surface area contributed by atoms with Crippen LogP contribution in [0.4, 0.5) is 0 Å². The minimum absolute atomic E-state index is 0.222. The van der Waals surface area contributed by atoms with Gasteiger partial charge < -0.3 is 5.73 Å². The molecule has 0 spiro atoms. The minimum atomic E-state index is -0.459. The van der Waals surface area contributed by atoms with Crippen molar-refractivity contribution in [1.29, 1.82) is 0 Å². The Morgan fingerprint density at radius 3 is 2.37 bits per heavy atom. The predicted octanol–water partition coefficient (Wildman–Crippen LogP) is 2.71. The van der Waals surface area contributed by atoms with E-state index in [1.165, 1.54) is 0 Å². The molecule has 0 aromatic heterocycles. The van der Waals surface area contributed by atoms with Gasteiger partial charge in [-0.15, -0.1) is 0 Å². The molecule has 0 aliphatic heterocycles. The van der Waals surface area contributed by atoms with Crippen molar-refractivity contribution in [3.63, 3.8) is 0 Å². The molecule has 2 aromatic carbocycles. The van der Waals surface area contributed by atoms with Gasteiger partial charge in [0, 0.05) is 5.56 Å². The first-order chi connectivity index (χ1) is 9.28. The highest BCUT2D eigenvalue weighted by Gasteiger charge is 2.45. The van der Waals surface area contributed by atoms with Crippen molar-refractivity contribution in [2.45, 2.75) is 18.3 Å². The lowest BCUT2D eigenvalue weighted by molar-refractivity contribution is 0.0896. The van der Waals surface area contributed by atoms with Gasteiger partial charge in [0.15, 0.2) is 5.78 Å². The van der Waals surface area contributed by atoms with E-state index in [-0.39, 0.29) is 5.78 Å². The second-order valence-electron chi connectivity index (χ2n) is 5.15. The lowest BCUT2D eigenvalue weighted by atomic mass is 9.74. The molecule has 2 heteroatoms. The number of hydrogen-bond acceptors (Lipinski definition) is 2. The molecule has 1 atom stereocenters. The van der Waals surface area contributed by atoms with Crippen molar-refractivity contribution >= 4 is 5.78 Å². The Balaban J connectivity index is 2.13. The summed E-state index contributed by atoms with van der Waals surface area (Å²) in [4.78, 5) is 12.9. The van der Waals surface area contributed by atoms with Crippen LogP contribution in [-0.4, -0.2) is 12.3 Å². The molecule has 2 aromatic rings. The summed E-state index contributed by atoms with van der Waals surface area (Å²) in [5.41, 5.74) is 8.41. The van der Waals surface area contributed by atoms with Gasteiger partial charge in [0.1, 0.15) is 0 Å². The zero-order valence-corrected chi connectivity index (χ0v) is 10.8. The maximum absolute atomic E-state index is 12.9. The SMILES string of the molecule is NCCC1(c2ccccc2)Cc2ccccc2C1=O. The Kier molecular flexibility index (Phi) is 2.96. The number of nitrogens with two attached hydrogens (primary N) is 1. The highest BCUT2D eigenvalue weighted by Crippen LogP contribution is 2.41. The normalized spacial score (nSPS) is 21.4. The summed E-state index contributed by atoms with van der Waals surface area (Å²) < 4.78 is 0. The van der Waals surface area contributed by atoms with E-state index < -0.39 is 5.41 Å². The van der Waals surface area contributed by atoms with Gasteiger partial charge in [-0.3, -0.25) is 4.79 Å². The van der Waals surface area contributed by atoms with Gasteiger partial charge in [-0.1, -0.05) is 54.6 Å². The fourth-order valence-corrected chi connectivity index (χ4v) is 3.14. The molecule has 0 fully saturated rings. The minimum Gasteiger partial charge on any atom is -0.330 e. The molecular formula is C17H17NO. The van der Waals surface area contributed by atoms with Crippen LogP contribution < -0.4 is 5.73 Å². The Morgan fingerprint density at radius 2 is 1.68 bits per heavy atom. The lowest BCUT2D eigenvalue weighted by Gasteiger charge is -2.27. The molecule has 96 valence electrons. The van der Waals surface area contributed by atoms with Crippen LogP contribution in [0.3, 0.4) is 0 Å². The van der Waals surface area contributed by atoms with Crippen molar-refractivity contribution in [3.05, 3.63) is 71.3 Å². The predicted molar refractivity (Wildman–Crippen MR) is 76.3 cm³/mol. The molecule has 0 amide bonds. The Bertz CT molecular complexity index is 606. The summed E-state index contributed by atoms with van der Waals surface area (Å²) >= 11 is 0. The van der Waals surface area contributed by atoms with Gasteiger partial charge in [-0.25, -0.2) is 0 Å². The molecule has 3 rings (SSSR count). The van der Waals surface area contributed by atoms with E-state index in [9.17, 15) is 4.79 Å². The highest BCUT2D eigenvalue weighted by atomic mass is 16.1. The van der Waals surface area contributed by atoms with Gasteiger partial charge in [0.05, 0.1) is 5.41 Å². The fraction of sp³-hybridized carbons (Fsp3) is 0.235. The number of rotatable bonds is 3. The second-order valence-corrected chi connectivity index (χ2v) is 5.15. The Hall–Kier alpha value is -1.93. The first kappa shape index (κ1) is 12.1. The van der Waals surface area contributed by atoms with Crippen molar-refractivity contribution in [3.8, 4) is 0 Å². The number of Topliss-reactive ketones (excluding diaryl/α,β-unsaturated/α-hetero) is 1. The average Bonchev–Trinajstić information content (AvgIpc) is 2.75. The van der Waals surface area contributed by atoms with Crippen molar-refractivity contribution in [2.75, 3.05) is 6.54 Å². The van der Waals surface area contributed by atoms with E-state index in [4.69, 9.17) is 5.73 Å². The molecule has 0 saturated carbocycles. The molecule has 0 radical (unpaired) electrons. The van der Waals surface area contributed by atoms with E-state index in [2.05, 4.69) is 6.07 Å². The number of benzene rings is 2. The maximum Gasteiger partial charge on any atom is 0.174 e. The van der Waals surface area contributed by atoms with Gasteiger partial charge in [-0.05, 0) is 30.5 Å². The number of carbonyl (C=O) groups is 1. The van der Waals surface area contributed by atoms with Crippen LogP contribution in [0.2, 0.25) is 0 Å². The van der Waals surface area contributed by atoms with E-state index >= 15 is 0 Å². The first-order valence-electron chi connectivity index (χ1n) is 6.66. The van der Waals surface area contributed by atoms with Crippen LogP contribution in [0, 0.1) is 0 Å². The van der Waals surface area contributed by atoms with E-state index in [1.807, 2.05) is 48.5 Å². The third-order valence-electron chi connectivity index (χ3n) is 4.09. The topological polar surface area (TPSA) is 43.1 Å². The third-order valence-corrected chi connectivity index (χ3v) is 4.09. The van der Waals surface area contributed by atoms with Crippen LogP contribution in [0.5, 0.6) is 0 Å². The largest absolute Gasteiger partial charge is 0.330 e. The maximum atomic E-state index is 12.9. The zero-order chi connectivity index (χ0) is 13.3. The third kappa shape index (κ3) is 1.80. The molecule has 19 heavy (non-hydrogen) atoms. The quantitative estimate of drug-likeness (QED) is 0.911. The van der Waals surface area contributed by atoms with Crippen LogP contribution >= 0.6 is 0 Å². The fourth-order valence-electron chi connectivity index (χ4n) is 3.14. The monoisotopic (exact) mass is 251 g/mol. The summed E-state index contributed by atoms with van der Waals surface area (Å²) in [5, 5.41) is 0.